The molecule has 3 rings (SSSR count). The van der Waals surface area contributed by atoms with Crippen LogP contribution in [0.25, 0.3) is 0 Å². The van der Waals surface area contributed by atoms with Crippen LogP contribution in [0.1, 0.15) is 30.0 Å². The van der Waals surface area contributed by atoms with Crippen molar-refractivity contribution in [2.45, 2.75) is 25.4 Å². The smallest absolute Gasteiger partial charge is 0.234 e. The quantitative estimate of drug-likeness (QED) is 0.853. The summed E-state index contributed by atoms with van der Waals surface area (Å²) in [6.45, 7) is 1.84. The van der Waals surface area contributed by atoms with Crippen molar-refractivity contribution in [2.24, 2.45) is 0 Å². The minimum atomic E-state index is 0.0368. The number of amides is 1. The molecule has 0 unspecified atom stereocenters. The molecule has 1 aliphatic heterocycles. The van der Waals surface area contributed by atoms with Crippen LogP contribution < -0.4 is 10.1 Å². The van der Waals surface area contributed by atoms with Crippen LogP contribution in [-0.4, -0.2) is 31.0 Å². The van der Waals surface area contributed by atoms with Crippen molar-refractivity contribution in [1.29, 1.82) is 0 Å². The van der Waals surface area contributed by atoms with Crippen LogP contribution in [0.3, 0.4) is 0 Å². The van der Waals surface area contributed by atoms with Gasteiger partial charge in [0.1, 0.15) is 5.75 Å². The first-order valence-electron chi connectivity index (χ1n) is 8.55. The topological polar surface area (TPSA) is 41.6 Å². The van der Waals surface area contributed by atoms with Crippen LogP contribution in [0.5, 0.6) is 5.75 Å². The maximum absolute atomic E-state index is 12.3. The molecule has 132 valence electrons. The predicted molar refractivity (Wildman–Crippen MR) is 99.8 cm³/mol. The van der Waals surface area contributed by atoms with E-state index in [-0.39, 0.29) is 11.9 Å². The van der Waals surface area contributed by atoms with Gasteiger partial charge in [0.15, 0.2) is 0 Å². The fraction of sp³-hybridized carbons (Fsp3) is 0.350. The third-order valence-electron chi connectivity index (χ3n) is 4.57. The van der Waals surface area contributed by atoms with Crippen molar-refractivity contribution in [1.82, 2.24) is 10.2 Å². The van der Waals surface area contributed by atoms with Crippen molar-refractivity contribution in [3.63, 3.8) is 0 Å². The number of halogens is 1. The summed E-state index contributed by atoms with van der Waals surface area (Å²) in [6.07, 6.45) is 2.16. The number of likely N-dealkylation sites (tertiary alicyclic amines) is 1. The van der Waals surface area contributed by atoms with Crippen LogP contribution in [0.15, 0.2) is 48.5 Å². The molecule has 2 aromatic rings. The number of hydrogen-bond donors (Lipinski definition) is 1. The molecule has 1 amide bonds. The summed E-state index contributed by atoms with van der Waals surface area (Å²) in [5.74, 6) is 0.893. The van der Waals surface area contributed by atoms with E-state index in [1.807, 2.05) is 36.4 Å². The monoisotopic (exact) mass is 358 g/mol. The number of benzene rings is 2. The highest BCUT2D eigenvalue weighted by Crippen LogP contribution is 2.33. The van der Waals surface area contributed by atoms with Crippen LogP contribution in [0.2, 0.25) is 5.02 Å². The molecular formula is C20H23ClN2O2. The number of methoxy groups -OCH3 is 1. The molecule has 0 aromatic heterocycles. The molecule has 0 saturated carbocycles. The first kappa shape index (κ1) is 17.8. The maximum atomic E-state index is 12.3. The summed E-state index contributed by atoms with van der Waals surface area (Å²) in [6, 6.07) is 15.9. The summed E-state index contributed by atoms with van der Waals surface area (Å²) >= 11 is 5.98. The summed E-state index contributed by atoms with van der Waals surface area (Å²) in [5, 5.41) is 3.67. The average Bonchev–Trinajstić information content (AvgIpc) is 3.08. The molecule has 1 heterocycles. The standard InChI is InChI=1S/C20H23ClN2O2/c1-25-18-8-3-6-16(12-18)19-9-4-10-23(19)14-20(24)22-13-15-5-2-7-17(21)11-15/h2-3,5-8,11-12,19H,4,9-10,13-14H2,1H3,(H,22,24)/t19-/m0/s1. The summed E-state index contributed by atoms with van der Waals surface area (Å²) in [4.78, 5) is 14.6. The van der Waals surface area contributed by atoms with Crippen molar-refractivity contribution in [3.8, 4) is 5.75 Å². The number of nitrogens with one attached hydrogen (secondary N) is 1. The molecule has 1 atom stereocenters. The number of hydrogen-bond acceptors (Lipinski definition) is 3. The van der Waals surface area contributed by atoms with Gasteiger partial charge in [-0.3, -0.25) is 9.69 Å². The average molecular weight is 359 g/mol. The number of carbonyl (C=O) groups is 1. The molecule has 4 nitrogen and oxygen atoms in total. The highest BCUT2D eigenvalue weighted by Gasteiger charge is 2.27. The Bertz CT molecular complexity index is 735. The Kier molecular flexibility index (Phi) is 5.95. The first-order valence-corrected chi connectivity index (χ1v) is 8.92. The second-order valence-electron chi connectivity index (χ2n) is 6.31. The van der Waals surface area contributed by atoms with Crippen molar-refractivity contribution >= 4 is 17.5 Å². The van der Waals surface area contributed by atoms with Crippen LogP contribution >= 0.6 is 11.6 Å². The van der Waals surface area contributed by atoms with E-state index in [9.17, 15) is 4.79 Å². The van der Waals surface area contributed by atoms with E-state index >= 15 is 0 Å². The molecule has 5 heteroatoms. The van der Waals surface area contributed by atoms with Crippen LogP contribution in [-0.2, 0) is 11.3 Å². The maximum Gasteiger partial charge on any atom is 0.234 e. The predicted octanol–water partition coefficient (Wildman–Crippen LogP) is 3.80. The Hall–Kier alpha value is -2.04. The van der Waals surface area contributed by atoms with Gasteiger partial charge in [-0.05, 0) is 54.8 Å². The Balaban J connectivity index is 1.58. The van der Waals surface area contributed by atoms with Crippen molar-refractivity contribution in [3.05, 3.63) is 64.7 Å². The summed E-state index contributed by atoms with van der Waals surface area (Å²) < 4.78 is 5.32. The van der Waals surface area contributed by atoms with E-state index in [1.165, 1.54) is 5.56 Å². The van der Waals surface area contributed by atoms with E-state index in [4.69, 9.17) is 16.3 Å². The SMILES string of the molecule is COc1cccc([C@@H]2CCCN2CC(=O)NCc2cccc(Cl)c2)c1. The molecule has 25 heavy (non-hydrogen) atoms. The summed E-state index contributed by atoms with van der Waals surface area (Å²) in [5.41, 5.74) is 2.21. The van der Waals surface area contributed by atoms with Gasteiger partial charge in [-0.2, -0.15) is 0 Å². The molecular weight excluding hydrogens is 336 g/mol. The van der Waals surface area contributed by atoms with Gasteiger partial charge < -0.3 is 10.1 Å². The number of ether oxygens (including phenoxy) is 1. The molecule has 0 radical (unpaired) electrons. The van der Waals surface area contributed by atoms with Crippen molar-refractivity contribution in [2.75, 3.05) is 20.2 Å². The van der Waals surface area contributed by atoms with Gasteiger partial charge in [-0.25, -0.2) is 0 Å². The van der Waals surface area contributed by atoms with Gasteiger partial charge in [0, 0.05) is 17.6 Å². The molecule has 0 bridgehead atoms. The third-order valence-corrected chi connectivity index (χ3v) is 4.80. The molecule has 1 fully saturated rings. The van der Waals surface area contributed by atoms with Gasteiger partial charge in [-0.1, -0.05) is 35.9 Å². The van der Waals surface area contributed by atoms with Gasteiger partial charge in [-0.15, -0.1) is 0 Å². The van der Waals surface area contributed by atoms with Gasteiger partial charge in [0.25, 0.3) is 0 Å². The Morgan fingerprint density at radius 1 is 1.28 bits per heavy atom. The van der Waals surface area contributed by atoms with E-state index < -0.39 is 0 Å². The number of rotatable bonds is 6. The van der Waals surface area contributed by atoms with E-state index in [1.54, 1.807) is 7.11 Å². The molecule has 2 aromatic carbocycles. The Morgan fingerprint density at radius 2 is 2.12 bits per heavy atom. The van der Waals surface area contributed by atoms with Gasteiger partial charge in [0.2, 0.25) is 5.91 Å². The molecule has 1 aliphatic rings. The lowest BCUT2D eigenvalue weighted by Crippen LogP contribution is -2.36. The van der Waals surface area contributed by atoms with E-state index in [2.05, 4.69) is 22.3 Å². The largest absolute Gasteiger partial charge is 0.497 e. The molecule has 1 N–H and O–H groups in total. The number of carbonyl (C=O) groups excluding carboxylic acids is 1. The van der Waals surface area contributed by atoms with Crippen molar-refractivity contribution < 1.29 is 9.53 Å². The van der Waals surface area contributed by atoms with Gasteiger partial charge >= 0.3 is 0 Å². The summed E-state index contributed by atoms with van der Waals surface area (Å²) in [7, 11) is 1.68. The normalized spacial score (nSPS) is 17.4. The lowest BCUT2D eigenvalue weighted by molar-refractivity contribution is -0.122. The zero-order chi connectivity index (χ0) is 17.6. The van der Waals surface area contributed by atoms with Crippen LogP contribution in [0, 0.1) is 0 Å². The lowest BCUT2D eigenvalue weighted by atomic mass is 10.0. The zero-order valence-electron chi connectivity index (χ0n) is 14.4. The fourth-order valence-corrected chi connectivity index (χ4v) is 3.54. The zero-order valence-corrected chi connectivity index (χ0v) is 15.1. The Morgan fingerprint density at radius 3 is 2.92 bits per heavy atom. The van der Waals surface area contributed by atoms with Gasteiger partial charge in [0.05, 0.1) is 13.7 Å². The second-order valence-corrected chi connectivity index (χ2v) is 6.75. The second kappa shape index (κ2) is 8.37. The van der Waals surface area contributed by atoms with E-state index in [0.717, 1.165) is 30.7 Å². The molecule has 1 saturated heterocycles. The highest BCUT2D eigenvalue weighted by molar-refractivity contribution is 6.30. The Labute approximate surface area is 153 Å². The first-order chi connectivity index (χ1) is 12.2. The lowest BCUT2D eigenvalue weighted by Gasteiger charge is -2.24. The fourth-order valence-electron chi connectivity index (χ4n) is 3.33. The minimum Gasteiger partial charge on any atom is -0.497 e. The molecule has 0 aliphatic carbocycles. The number of nitrogens with zero attached hydrogens (tertiary/aromatic N) is 1. The van der Waals surface area contributed by atoms with E-state index in [0.29, 0.717) is 18.1 Å². The third kappa shape index (κ3) is 4.74. The molecule has 0 spiro atoms. The minimum absolute atomic E-state index is 0.0368. The van der Waals surface area contributed by atoms with Crippen LogP contribution in [0.4, 0.5) is 0 Å². The highest BCUT2D eigenvalue weighted by atomic mass is 35.5.